The maximum Gasteiger partial charge on any atom is 0.427 e. The standard InChI is InChI=1S/C30H33N3O8S/c1-20(2)17-33(42(36,37)26-12-13-28-29(15-26)40-19-39-28)41-30(35)32-27(21(3)34)14-22-8-10-25(11-9-22)38-18-24-7-5-4-6-23(24)16-31/h4-13,15,20-21,27,34H,14,17-19H2,1-3H3,(H,32,35). The summed E-state index contributed by atoms with van der Waals surface area (Å²) in [5, 5.41) is 22.2. The molecular weight excluding hydrogens is 562 g/mol. The first-order valence-corrected chi connectivity index (χ1v) is 14.8. The lowest BCUT2D eigenvalue weighted by molar-refractivity contribution is -0.0323. The normalized spacial score (nSPS) is 13.8. The number of rotatable bonds is 12. The van der Waals surface area contributed by atoms with Gasteiger partial charge in [0.2, 0.25) is 6.79 Å². The lowest BCUT2D eigenvalue weighted by atomic mass is 10.0. The highest BCUT2D eigenvalue weighted by Gasteiger charge is 2.32. The molecular formula is C30H33N3O8S. The summed E-state index contributed by atoms with van der Waals surface area (Å²) in [4.78, 5) is 18.1. The fourth-order valence-electron chi connectivity index (χ4n) is 4.14. The predicted molar refractivity (Wildman–Crippen MR) is 152 cm³/mol. The first kappa shape index (κ1) is 30.6. The number of aliphatic hydroxyl groups excluding tert-OH is 1. The molecule has 3 aromatic rings. The second kappa shape index (κ2) is 13.6. The number of sulfonamides is 1. The van der Waals surface area contributed by atoms with Crippen molar-refractivity contribution in [3.8, 4) is 23.3 Å². The molecule has 42 heavy (non-hydrogen) atoms. The van der Waals surface area contributed by atoms with E-state index in [2.05, 4.69) is 11.4 Å². The Kier molecular flexibility index (Phi) is 9.90. The molecule has 11 nitrogen and oxygen atoms in total. The van der Waals surface area contributed by atoms with Crippen LogP contribution in [0.3, 0.4) is 0 Å². The molecule has 0 aromatic heterocycles. The predicted octanol–water partition coefficient (Wildman–Crippen LogP) is 4.15. The molecule has 2 N–H and O–H groups in total. The van der Waals surface area contributed by atoms with E-state index in [0.717, 1.165) is 11.1 Å². The SMILES string of the molecule is CC(C)CN(OC(=O)NC(Cc1ccc(OCc2ccccc2C#N)cc1)C(C)O)S(=O)(=O)c1ccc2c(c1)OCO2. The minimum atomic E-state index is -4.24. The highest BCUT2D eigenvalue weighted by atomic mass is 32.2. The lowest BCUT2D eigenvalue weighted by Gasteiger charge is -2.25. The maximum atomic E-state index is 13.4. The van der Waals surface area contributed by atoms with Crippen molar-refractivity contribution in [2.45, 2.75) is 50.8 Å². The molecule has 2 unspecified atom stereocenters. The number of nitriles is 1. The zero-order valence-corrected chi connectivity index (χ0v) is 24.3. The Bertz CT molecular complexity index is 1530. The molecule has 12 heteroatoms. The third-order valence-corrected chi connectivity index (χ3v) is 8.02. The average Bonchev–Trinajstić information content (AvgIpc) is 3.44. The van der Waals surface area contributed by atoms with Crippen LogP contribution in [0.25, 0.3) is 0 Å². The van der Waals surface area contributed by atoms with Crippen molar-refractivity contribution < 1.29 is 37.4 Å². The van der Waals surface area contributed by atoms with Crippen LogP contribution in [0.2, 0.25) is 0 Å². The summed E-state index contributed by atoms with van der Waals surface area (Å²) in [6.45, 7) is 5.22. The number of carbonyl (C=O) groups excluding carboxylic acids is 1. The van der Waals surface area contributed by atoms with Crippen molar-refractivity contribution in [2.24, 2.45) is 5.92 Å². The number of nitrogens with zero attached hydrogens (tertiary/aromatic N) is 2. The Morgan fingerprint density at radius 3 is 2.48 bits per heavy atom. The second-order valence-electron chi connectivity index (χ2n) is 10.2. The van der Waals surface area contributed by atoms with Gasteiger partial charge in [0, 0.05) is 11.6 Å². The molecule has 0 saturated heterocycles. The molecule has 222 valence electrons. The number of fused-ring (bicyclic) bond motifs is 1. The van der Waals surface area contributed by atoms with E-state index >= 15 is 0 Å². The number of carbonyl (C=O) groups is 1. The third kappa shape index (κ3) is 7.70. The van der Waals surface area contributed by atoms with E-state index in [0.29, 0.717) is 21.5 Å². The Morgan fingerprint density at radius 1 is 1.07 bits per heavy atom. The maximum absolute atomic E-state index is 13.4. The van der Waals surface area contributed by atoms with Crippen molar-refractivity contribution in [1.29, 1.82) is 5.26 Å². The minimum absolute atomic E-state index is 0.0131. The van der Waals surface area contributed by atoms with Gasteiger partial charge in [0.25, 0.3) is 10.0 Å². The molecule has 0 radical (unpaired) electrons. The molecule has 0 saturated carbocycles. The van der Waals surface area contributed by atoms with Crippen LogP contribution < -0.4 is 19.5 Å². The molecule has 0 aliphatic carbocycles. The summed E-state index contributed by atoms with van der Waals surface area (Å²) in [7, 11) is -4.24. The second-order valence-corrected chi connectivity index (χ2v) is 12.0. The van der Waals surface area contributed by atoms with Gasteiger partial charge in [-0.25, -0.2) is 13.2 Å². The molecule has 0 bridgehead atoms. The van der Waals surface area contributed by atoms with Crippen LogP contribution in [0.5, 0.6) is 17.2 Å². The summed E-state index contributed by atoms with van der Waals surface area (Å²) in [6, 6.07) is 19.8. The lowest BCUT2D eigenvalue weighted by Crippen LogP contribution is -2.47. The van der Waals surface area contributed by atoms with E-state index in [-0.39, 0.29) is 42.9 Å². The Morgan fingerprint density at radius 2 is 1.79 bits per heavy atom. The first-order valence-electron chi connectivity index (χ1n) is 13.4. The van der Waals surface area contributed by atoms with Gasteiger partial charge in [-0.3, -0.25) is 0 Å². The molecule has 4 rings (SSSR count). The number of nitrogens with one attached hydrogen (secondary N) is 1. The van der Waals surface area contributed by atoms with Crippen LogP contribution >= 0.6 is 0 Å². The van der Waals surface area contributed by atoms with Gasteiger partial charge < -0.3 is 29.5 Å². The smallest absolute Gasteiger partial charge is 0.427 e. The van der Waals surface area contributed by atoms with Gasteiger partial charge in [-0.2, -0.15) is 5.26 Å². The van der Waals surface area contributed by atoms with E-state index in [1.807, 2.05) is 12.1 Å². The molecule has 1 aliphatic rings. The molecule has 1 heterocycles. The Labute approximate surface area is 245 Å². The fraction of sp³-hybridized carbons (Fsp3) is 0.333. The molecule has 1 amide bonds. The number of benzene rings is 3. The Hall–Kier alpha value is -4.31. The van der Waals surface area contributed by atoms with Gasteiger partial charge in [0.05, 0.1) is 35.2 Å². The zero-order chi connectivity index (χ0) is 30.3. The van der Waals surface area contributed by atoms with Crippen molar-refractivity contribution in [3.63, 3.8) is 0 Å². The summed E-state index contributed by atoms with van der Waals surface area (Å²) in [5.74, 6) is 1.13. The van der Waals surface area contributed by atoms with Gasteiger partial charge in [-0.05, 0) is 59.6 Å². The highest BCUT2D eigenvalue weighted by Crippen LogP contribution is 2.34. The van der Waals surface area contributed by atoms with Crippen molar-refractivity contribution in [2.75, 3.05) is 13.3 Å². The largest absolute Gasteiger partial charge is 0.489 e. The number of ether oxygens (including phenoxy) is 3. The molecule has 3 aromatic carbocycles. The van der Waals surface area contributed by atoms with Crippen LogP contribution in [0, 0.1) is 17.2 Å². The number of hydroxylamine groups is 1. The van der Waals surface area contributed by atoms with Crippen molar-refractivity contribution >= 4 is 16.1 Å². The molecule has 2 atom stereocenters. The fourth-order valence-corrected chi connectivity index (χ4v) is 5.53. The molecule has 0 fully saturated rings. The summed E-state index contributed by atoms with van der Waals surface area (Å²) in [6.07, 6.45) is -1.76. The van der Waals surface area contributed by atoms with Crippen LogP contribution in [0.4, 0.5) is 4.79 Å². The number of aliphatic hydroxyl groups is 1. The van der Waals surface area contributed by atoms with Crippen molar-refractivity contribution in [3.05, 3.63) is 83.4 Å². The van der Waals surface area contributed by atoms with Gasteiger partial charge in [-0.15, -0.1) is 0 Å². The van der Waals surface area contributed by atoms with Gasteiger partial charge in [0.15, 0.2) is 11.5 Å². The first-order chi connectivity index (χ1) is 20.1. The Balaban J connectivity index is 1.39. The zero-order valence-electron chi connectivity index (χ0n) is 23.5. The third-order valence-electron chi connectivity index (χ3n) is 6.41. The monoisotopic (exact) mass is 595 g/mol. The van der Waals surface area contributed by atoms with Crippen LogP contribution in [0.15, 0.2) is 71.6 Å². The van der Waals surface area contributed by atoms with E-state index in [1.54, 1.807) is 50.2 Å². The van der Waals surface area contributed by atoms with E-state index in [1.165, 1.54) is 25.1 Å². The summed E-state index contributed by atoms with van der Waals surface area (Å²) < 4.78 is 43.7. The van der Waals surface area contributed by atoms with Gasteiger partial charge >= 0.3 is 6.09 Å². The number of hydrogen-bond donors (Lipinski definition) is 2. The highest BCUT2D eigenvalue weighted by molar-refractivity contribution is 7.89. The van der Waals surface area contributed by atoms with Crippen LogP contribution in [0.1, 0.15) is 37.5 Å². The average molecular weight is 596 g/mol. The van der Waals surface area contributed by atoms with Crippen LogP contribution in [-0.4, -0.2) is 49.6 Å². The summed E-state index contributed by atoms with van der Waals surface area (Å²) >= 11 is 0. The van der Waals surface area contributed by atoms with E-state index in [9.17, 15) is 23.6 Å². The number of hydrogen-bond acceptors (Lipinski definition) is 9. The number of amides is 1. The van der Waals surface area contributed by atoms with Crippen LogP contribution in [-0.2, 0) is 27.9 Å². The van der Waals surface area contributed by atoms with E-state index in [4.69, 9.17) is 19.0 Å². The van der Waals surface area contributed by atoms with Gasteiger partial charge in [-0.1, -0.05) is 44.2 Å². The molecule has 1 aliphatic heterocycles. The van der Waals surface area contributed by atoms with Gasteiger partial charge in [0.1, 0.15) is 12.4 Å². The van der Waals surface area contributed by atoms with E-state index < -0.39 is 28.3 Å². The summed E-state index contributed by atoms with van der Waals surface area (Å²) in [5.41, 5.74) is 2.11. The topological polar surface area (TPSA) is 147 Å². The minimum Gasteiger partial charge on any atom is -0.489 e. The quantitative estimate of drug-likeness (QED) is 0.295. The molecule has 0 spiro atoms. The van der Waals surface area contributed by atoms with Crippen molar-refractivity contribution in [1.82, 2.24) is 9.79 Å².